The molecular formula is C20H26O4. The molecule has 0 spiro atoms. The molecule has 1 fully saturated rings. The van der Waals surface area contributed by atoms with Gasteiger partial charge < -0.3 is 9.47 Å². The lowest BCUT2D eigenvalue weighted by atomic mass is 9.75. The van der Waals surface area contributed by atoms with Gasteiger partial charge in [0.1, 0.15) is 0 Å². The van der Waals surface area contributed by atoms with Gasteiger partial charge in [0.05, 0.1) is 19.3 Å². The van der Waals surface area contributed by atoms with Gasteiger partial charge in [-0.25, -0.2) is 0 Å². The van der Waals surface area contributed by atoms with Gasteiger partial charge in [-0.3, -0.25) is 9.59 Å². The number of ether oxygens (including phenoxy) is 2. The van der Waals surface area contributed by atoms with Gasteiger partial charge in [-0.05, 0) is 18.9 Å². The Balaban J connectivity index is 2.26. The van der Waals surface area contributed by atoms with Crippen LogP contribution in [0.3, 0.4) is 0 Å². The molecule has 0 N–H and O–H groups in total. The molecule has 1 saturated heterocycles. The number of Topliss-reactive ketones (excluding diaryl/α,β-unsaturated/α-hetero) is 1. The van der Waals surface area contributed by atoms with E-state index in [1.165, 1.54) is 7.11 Å². The number of hydrogen-bond acceptors (Lipinski definition) is 4. The Morgan fingerprint density at radius 3 is 2.71 bits per heavy atom. The van der Waals surface area contributed by atoms with Crippen LogP contribution in [0.4, 0.5) is 0 Å². The van der Waals surface area contributed by atoms with Crippen molar-refractivity contribution >= 4 is 17.8 Å². The zero-order valence-corrected chi connectivity index (χ0v) is 14.7. The maximum Gasteiger partial charge on any atom is 0.322 e. The number of carbonyl (C=O) groups is 2. The van der Waals surface area contributed by atoms with Gasteiger partial charge in [0, 0.05) is 6.42 Å². The zero-order chi connectivity index (χ0) is 17.6. The van der Waals surface area contributed by atoms with Crippen molar-refractivity contribution in [3.8, 4) is 0 Å². The SMILES string of the molecule is CCCC[C@@H]1CC(=O)[C@@](C)(C(=O)OC)[C@@H](/C=C/c2ccccc2)O1. The van der Waals surface area contributed by atoms with E-state index in [1.807, 2.05) is 42.5 Å². The van der Waals surface area contributed by atoms with E-state index in [2.05, 4.69) is 6.92 Å². The highest BCUT2D eigenvalue weighted by Crippen LogP contribution is 2.37. The van der Waals surface area contributed by atoms with Gasteiger partial charge in [0.25, 0.3) is 0 Å². The first kappa shape index (κ1) is 18.4. The van der Waals surface area contributed by atoms with Crippen molar-refractivity contribution in [1.82, 2.24) is 0 Å². The fourth-order valence-corrected chi connectivity index (χ4v) is 3.01. The van der Waals surface area contributed by atoms with Crippen molar-refractivity contribution in [3.63, 3.8) is 0 Å². The highest BCUT2D eigenvalue weighted by Gasteiger charge is 2.52. The number of benzene rings is 1. The first-order valence-electron chi connectivity index (χ1n) is 8.52. The highest BCUT2D eigenvalue weighted by atomic mass is 16.5. The van der Waals surface area contributed by atoms with Crippen LogP contribution in [0.25, 0.3) is 6.08 Å². The van der Waals surface area contributed by atoms with Crippen LogP contribution in [-0.4, -0.2) is 31.1 Å². The predicted molar refractivity (Wildman–Crippen MR) is 93.4 cm³/mol. The molecule has 1 aliphatic rings. The summed E-state index contributed by atoms with van der Waals surface area (Å²) in [6.07, 6.45) is 6.09. The molecule has 0 aliphatic carbocycles. The Bertz CT molecular complexity index is 593. The van der Waals surface area contributed by atoms with Crippen LogP contribution in [0.2, 0.25) is 0 Å². The van der Waals surface area contributed by atoms with Gasteiger partial charge >= 0.3 is 5.97 Å². The molecule has 1 aromatic rings. The molecule has 0 radical (unpaired) electrons. The smallest absolute Gasteiger partial charge is 0.322 e. The topological polar surface area (TPSA) is 52.6 Å². The van der Waals surface area contributed by atoms with Crippen LogP contribution < -0.4 is 0 Å². The fraction of sp³-hybridized carbons (Fsp3) is 0.500. The molecule has 0 saturated carbocycles. The molecule has 24 heavy (non-hydrogen) atoms. The van der Waals surface area contributed by atoms with Crippen molar-refractivity contribution in [1.29, 1.82) is 0 Å². The first-order chi connectivity index (χ1) is 11.5. The summed E-state index contributed by atoms with van der Waals surface area (Å²) >= 11 is 0. The molecule has 2 rings (SSSR count). The summed E-state index contributed by atoms with van der Waals surface area (Å²) in [5.41, 5.74) is -0.292. The summed E-state index contributed by atoms with van der Waals surface area (Å²) in [6, 6.07) is 9.75. The van der Waals surface area contributed by atoms with Crippen molar-refractivity contribution in [3.05, 3.63) is 42.0 Å². The van der Waals surface area contributed by atoms with E-state index in [9.17, 15) is 9.59 Å². The minimum absolute atomic E-state index is 0.107. The Morgan fingerprint density at radius 2 is 2.08 bits per heavy atom. The molecular weight excluding hydrogens is 304 g/mol. The number of hydrogen-bond donors (Lipinski definition) is 0. The van der Waals surface area contributed by atoms with Crippen molar-refractivity contribution in [2.24, 2.45) is 5.41 Å². The molecule has 0 bridgehead atoms. The van der Waals surface area contributed by atoms with Crippen LogP contribution in [0, 0.1) is 5.41 Å². The van der Waals surface area contributed by atoms with Gasteiger partial charge in [-0.2, -0.15) is 0 Å². The number of esters is 1. The average molecular weight is 330 g/mol. The average Bonchev–Trinajstić information content (AvgIpc) is 2.61. The molecule has 0 aromatic heterocycles. The van der Waals surface area contributed by atoms with E-state index in [0.29, 0.717) is 0 Å². The van der Waals surface area contributed by atoms with Crippen molar-refractivity contribution < 1.29 is 19.1 Å². The van der Waals surface area contributed by atoms with Gasteiger partial charge in [0.2, 0.25) is 0 Å². The molecule has 1 heterocycles. The third kappa shape index (κ3) is 3.93. The second-order valence-corrected chi connectivity index (χ2v) is 6.41. The Hall–Kier alpha value is -1.94. The van der Waals surface area contributed by atoms with Crippen molar-refractivity contribution in [2.75, 3.05) is 7.11 Å². The van der Waals surface area contributed by atoms with E-state index in [0.717, 1.165) is 24.8 Å². The minimum atomic E-state index is -1.29. The van der Waals surface area contributed by atoms with Gasteiger partial charge in [-0.1, -0.05) is 62.2 Å². The van der Waals surface area contributed by atoms with Gasteiger partial charge in [-0.15, -0.1) is 0 Å². The maximum absolute atomic E-state index is 12.7. The second-order valence-electron chi connectivity index (χ2n) is 6.41. The van der Waals surface area contributed by atoms with E-state index in [4.69, 9.17) is 9.47 Å². The van der Waals surface area contributed by atoms with Crippen LogP contribution in [0.5, 0.6) is 0 Å². The largest absolute Gasteiger partial charge is 0.468 e. The van der Waals surface area contributed by atoms with Crippen LogP contribution in [0.15, 0.2) is 36.4 Å². The second kappa shape index (κ2) is 8.25. The number of carbonyl (C=O) groups excluding carboxylic acids is 2. The lowest BCUT2D eigenvalue weighted by molar-refractivity contribution is -0.177. The van der Waals surface area contributed by atoms with Crippen molar-refractivity contribution in [2.45, 2.75) is 51.7 Å². The molecule has 1 aromatic carbocycles. The maximum atomic E-state index is 12.7. The number of methoxy groups -OCH3 is 1. The Kier molecular flexibility index (Phi) is 6.32. The Labute approximate surface area is 143 Å². The van der Waals surface area contributed by atoms with Crippen LogP contribution in [0.1, 0.15) is 45.1 Å². The molecule has 130 valence electrons. The lowest BCUT2D eigenvalue weighted by Crippen LogP contribution is -2.53. The minimum Gasteiger partial charge on any atom is -0.468 e. The van der Waals surface area contributed by atoms with Gasteiger partial charge in [0.15, 0.2) is 11.2 Å². The quantitative estimate of drug-likeness (QED) is 0.588. The van der Waals surface area contributed by atoms with E-state index >= 15 is 0 Å². The summed E-state index contributed by atoms with van der Waals surface area (Å²) in [5, 5.41) is 0. The molecule has 4 nitrogen and oxygen atoms in total. The number of rotatable bonds is 6. The first-order valence-corrected chi connectivity index (χ1v) is 8.52. The molecule has 0 amide bonds. The van der Waals surface area contributed by atoms with E-state index in [-0.39, 0.29) is 18.3 Å². The summed E-state index contributed by atoms with van der Waals surface area (Å²) in [5.74, 6) is -0.645. The number of ketones is 1. The standard InChI is InChI=1S/C20H26O4/c1-4-5-11-16-14-17(21)20(2,19(22)23-3)18(24-16)13-12-15-9-7-6-8-10-15/h6-10,12-13,16,18H,4-5,11,14H2,1-3H3/b13-12+/t16-,18-,20-/m1/s1. The highest BCUT2D eigenvalue weighted by molar-refractivity contribution is 6.05. The third-order valence-corrected chi connectivity index (χ3v) is 4.65. The molecule has 3 atom stereocenters. The summed E-state index contributed by atoms with van der Waals surface area (Å²) in [6.45, 7) is 3.73. The number of unbranched alkanes of at least 4 members (excludes halogenated alkanes) is 1. The molecule has 4 heteroatoms. The fourth-order valence-electron chi connectivity index (χ4n) is 3.01. The predicted octanol–water partition coefficient (Wildman–Crippen LogP) is 3.80. The van der Waals surface area contributed by atoms with Crippen LogP contribution in [-0.2, 0) is 19.1 Å². The van der Waals surface area contributed by atoms with E-state index < -0.39 is 17.5 Å². The Morgan fingerprint density at radius 1 is 1.38 bits per heavy atom. The zero-order valence-electron chi connectivity index (χ0n) is 14.7. The molecule has 1 aliphatic heterocycles. The summed E-state index contributed by atoms with van der Waals surface area (Å²) < 4.78 is 11.0. The summed E-state index contributed by atoms with van der Waals surface area (Å²) in [7, 11) is 1.31. The van der Waals surface area contributed by atoms with Crippen LogP contribution >= 0.6 is 0 Å². The summed E-state index contributed by atoms with van der Waals surface area (Å²) in [4.78, 5) is 25.0. The van der Waals surface area contributed by atoms with E-state index in [1.54, 1.807) is 6.92 Å². The lowest BCUT2D eigenvalue weighted by Gasteiger charge is -2.39. The third-order valence-electron chi connectivity index (χ3n) is 4.65. The molecule has 0 unspecified atom stereocenters. The monoisotopic (exact) mass is 330 g/mol. The normalized spacial score (nSPS) is 27.4.